The van der Waals surface area contributed by atoms with Gasteiger partial charge in [0.1, 0.15) is 5.75 Å². The number of ether oxygens (including phenoxy) is 3. The van der Waals surface area contributed by atoms with Crippen LogP contribution in [0.4, 0.5) is 5.69 Å². The Morgan fingerprint density at radius 1 is 1.04 bits per heavy atom. The van der Waals surface area contributed by atoms with Crippen LogP contribution < -0.4 is 24.7 Å². The topological polar surface area (TPSA) is 92.2 Å². The zero-order valence-electron chi connectivity index (χ0n) is 13.5. The highest BCUT2D eigenvalue weighted by atomic mass is 16.5. The van der Waals surface area contributed by atoms with E-state index in [0.29, 0.717) is 28.5 Å². The van der Waals surface area contributed by atoms with Gasteiger partial charge >= 0.3 is 0 Å². The first kappa shape index (κ1) is 17.1. The van der Waals surface area contributed by atoms with E-state index in [9.17, 15) is 9.90 Å². The summed E-state index contributed by atoms with van der Waals surface area (Å²) in [6, 6.07) is 9.58. The first-order valence-electron chi connectivity index (χ1n) is 6.99. The lowest BCUT2D eigenvalue weighted by molar-refractivity contribution is -0.255. The minimum absolute atomic E-state index is 0.0684. The molecule has 24 heavy (non-hydrogen) atoms. The summed E-state index contributed by atoms with van der Waals surface area (Å²) < 4.78 is 15.8. The lowest BCUT2D eigenvalue weighted by Gasteiger charge is -2.12. The first-order chi connectivity index (χ1) is 11.6. The van der Waals surface area contributed by atoms with Gasteiger partial charge in [-0.1, -0.05) is 12.1 Å². The monoisotopic (exact) mass is 329 g/mol. The average molecular weight is 329 g/mol. The summed E-state index contributed by atoms with van der Waals surface area (Å²) in [5.41, 5.74) is 4.01. The molecule has 7 nitrogen and oxygen atoms in total. The van der Waals surface area contributed by atoms with Crippen molar-refractivity contribution in [3.8, 4) is 17.2 Å². The van der Waals surface area contributed by atoms with Crippen LogP contribution in [-0.4, -0.2) is 33.5 Å². The number of carboxylic acid groups (broad SMARTS) is 1. The maximum absolute atomic E-state index is 10.8. The van der Waals surface area contributed by atoms with Crippen LogP contribution >= 0.6 is 0 Å². The Hall–Kier alpha value is -3.22. The molecule has 0 bridgehead atoms. The molecule has 126 valence electrons. The molecule has 0 saturated heterocycles. The highest BCUT2D eigenvalue weighted by molar-refractivity contribution is 5.88. The van der Waals surface area contributed by atoms with E-state index in [1.54, 1.807) is 24.3 Å². The summed E-state index contributed by atoms with van der Waals surface area (Å²) in [5.74, 6) is 0.394. The van der Waals surface area contributed by atoms with Crippen molar-refractivity contribution in [3.05, 3.63) is 47.5 Å². The number of nitrogens with one attached hydrogen (secondary N) is 1. The van der Waals surface area contributed by atoms with E-state index >= 15 is 0 Å². The van der Waals surface area contributed by atoms with Crippen molar-refractivity contribution in [3.63, 3.8) is 0 Å². The van der Waals surface area contributed by atoms with Crippen LogP contribution in [0.1, 0.15) is 15.9 Å². The Morgan fingerprint density at radius 3 is 2.33 bits per heavy atom. The van der Waals surface area contributed by atoms with Gasteiger partial charge in [-0.05, 0) is 23.8 Å². The fourth-order valence-electron chi connectivity index (χ4n) is 2.05. The molecular weight excluding hydrogens is 312 g/mol. The fraction of sp³-hybridized carbons (Fsp3) is 0.176. The van der Waals surface area contributed by atoms with Crippen molar-refractivity contribution >= 4 is 17.9 Å². The van der Waals surface area contributed by atoms with Gasteiger partial charge in [-0.3, -0.25) is 5.43 Å². The molecule has 2 aromatic carbocycles. The summed E-state index contributed by atoms with van der Waals surface area (Å²) in [4.78, 5) is 10.8. The number of hydrogen-bond acceptors (Lipinski definition) is 7. The predicted octanol–water partition coefficient (Wildman–Crippen LogP) is 1.52. The Labute approximate surface area is 139 Å². The Balaban J connectivity index is 2.22. The van der Waals surface area contributed by atoms with Crippen molar-refractivity contribution in [2.75, 3.05) is 26.8 Å². The summed E-state index contributed by atoms with van der Waals surface area (Å²) in [6.45, 7) is 0. The van der Waals surface area contributed by atoms with E-state index < -0.39 is 5.97 Å². The standard InChI is InChI=1S/C17H18N2O5/c1-22-14-9-16(24-3)15(23-2)8-12(14)10-18-19-13-6-4-5-11(7-13)17(20)21/h4-10,19H,1-3H3,(H,20,21)/p-1/b18-10-. The molecule has 0 aromatic heterocycles. The number of anilines is 1. The van der Waals surface area contributed by atoms with E-state index in [1.807, 2.05) is 0 Å². The molecule has 7 heteroatoms. The van der Waals surface area contributed by atoms with E-state index in [0.717, 1.165) is 0 Å². The molecule has 2 rings (SSSR count). The van der Waals surface area contributed by atoms with Gasteiger partial charge in [0.25, 0.3) is 0 Å². The molecule has 0 spiro atoms. The number of carbonyl (C=O) groups is 1. The summed E-state index contributed by atoms with van der Waals surface area (Å²) in [6.07, 6.45) is 1.53. The second-order valence-corrected chi connectivity index (χ2v) is 4.69. The molecule has 0 aliphatic rings. The second kappa shape index (κ2) is 7.87. The molecular formula is C17H17N2O5-. The third-order valence-electron chi connectivity index (χ3n) is 3.23. The van der Waals surface area contributed by atoms with Crippen LogP contribution in [0.25, 0.3) is 0 Å². The lowest BCUT2D eigenvalue weighted by Crippen LogP contribution is -2.22. The smallest absolute Gasteiger partial charge is 0.164 e. The van der Waals surface area contributed by atoms with Crippen LogP contribution in [0, 0.1) is 0 Å². The highest BCUT2D eigenvalue weighted by Gasteiger charge is 2.10. The first-order valence-corrected chi connectivity index (χ1v) is 6.99. The van der Waals surface area contributed by atoms with Crippen LogP contribution in [0.2, 0.25) is 0 Å². The summed E-state index contributed by atoms with van der Waals surface area (Å²) >= 11 is 0. The number of nitrogens with zero attached hydrogens (tertiary/aromatic N) is 1. The average Bonchev–Trinajstić information content (AvgIpc) is 2.61. The van der Waals surface area contributed by atoms with Crippen molar-refractivity contribution < 1.29 is 24.1 Å². The summed E-state index contributed by atoms with van der Waals surface area (Å²) in [5, 5.41) is 14.9. The van der Waals surface area contributed by atoms with E-state index in [1.165, 1.54) is 39.7 Å². The van der Waals surface area contributed by atoms with Gasteiger partial charge in [-0.2, -0.15) is 5.10 Å². The van der Waals surface area contributed by atoms with E-state index in [4.69, 9.17) is 14.2 Å². The molecule has 0 radical (unpaired) electrons. The fourth-order valence-corrected chi connectivity index (χ4v) is 2.05. The number of carboxylic acids is 1. The van der Waals surface area contributed by atoms with Gasteiger partial charge in [0.15, 0.2) is 11.5 Å². The molecule has 0 saturated carbocycles. The van der Waals surface area contributed by atoms with Gasteiger partial charge in [-0.25, -0.2) is 0 Å². The molecule has 1 N–H and O–H groups in total. The van der Waals surface area contributed by atoms with Crippen molar-refractivity contribution in [1.29, 1.82) is 0 Å². The Morgan fingerprint density at radius 2 is 1.71 bits per heavy atom. The zero-order chi connectivity index (χ0) is 17.5. The van der Waals surface area contributed by atoms with Crippen molar-refractivity contribution in [2.45, 2.75) is 0 Å². The van der Waals surface area contributed by atoms with Gasteiger partial charge in [0, 0.05) is 11.6 Å². The summed E-state index contributed by atoms with van der Waals surface area (Å²) in [7, 11) is 4.61. The number of methoxy groups -OCH3 is 3. The van der Waals surface area contributed by atoms with Crippen molar-refractivity contribution in [2.24, 2.45) is 5.10 Å². The SMILES string of the molecule is COc1cc(OC)c(OC)cc1/C=N\Nc1cccc(C(=O)[O-])c1. The van der Waals surface area contributed by atoms with Gasteiger partial charge in [-0.15, -0.1) is 0 Å². The zero-order valence-corrected chi connectivity index (χ0v) is 13.5. The number of rotatable bonds is 7. The van der Waals surface area contributed by atoms with Crippen LogP contribution in [0.3, 0.4) is 0 Å². The molecule has 0 amide bonds. The second-order valence-electron chi connectivity index (χ2n) is 4.69. The number of aromatic carboxylic acids is 1. The molecule has 0 unspecified atom stereocenters. The van der Waals surface area contributed by atoms with Crippen molar-refractivity contribution in [1.82, 2.24) is 0 Å². The highest BCUT2D eigenvalue weighted by Crippen LogP contribution is 2.33. The number of benzene rings is 2. The largest absolute Gasteiger partial charge is 0.545 e. The molecule has 2 aromatic rings. The lowest BCUT2D eigenvalue weighted by atomic mass is 10.2. The van der Waals surface area contributed by atoms with Crippen LogP contribution in [-0.2, 0) is 0 Å². The van der Waals surface area contributed by atoms with Gasteiger partial charge in [0.05, 0.1) is 39.2 Å². The number of carbonyl (C=O) groups excluding carboxylic acids is 1. The molecule has 0 fully saturated rings. The van der Waals surface area contributed by atoms with E-state index in [2.05, 4.69) is 10.5 Å². The Kier molecular flexibility index (Phi) is 5.62. The van der Waals surface area contributed by atoms with E-state index in [-0.39, 0.29) is 5.56 Å². The van der Waals surface area contributed by atoms with Gasteiger partial charge in [0.2, 0.25) is 0 Å². The minimum atomic E-state index is -1.25. The molecule has 0 heterocycles. The minimum Gasteiger partial charge on any atom is -0.545 e. The normalized spacial score (nSPS) is 10.5. The molecule has 0 aliphatic heterocycles. The number of hydrogen-bond donors (Lipinski definition) is 1. The predicted molar refractivity (Wildman–Crippen MR) is 88.1 cm³/mol. The van der Waals surface area contributed by atoms with Gasteiger partial charge < -0.3 is 24.1 Å². The third kappa shape index (κ3) is 3.95. The molecule has 0 aliphatic carbocycles. The maximum Gasteiger partial charge on any atom is 0.164 e. The maximum atomic E-state index is 10.8. The molecule has 0 atom stereocenters. The quantitative estimate of drug-likeness (QED) is 0.612. The third-order valence-corrected chi connectivity index (χ3v) is 3.23. The Bertz CT molecular complexity index is 759. The number of hydrazone groups is 1. The van der Waals surface area contributed by atoms with Crippen LogP contribution in [0.5, 0.6) is 17.2 Å². The van der Waals surface area contributed by atoms with Crippen LogP contribution in [0.15, 0.2) is 41.5 Å².